The summed E-state index contributed by atoms with van der Waals surface area (Å²) in [6, 6.07) is 14.0. The highest BCUT2D eigenvalue weighted by atomic mass is 16.2. The molecule has 1 saturated heterocycles. The molecule has 5 rings (SSSR count). The summed E-state index contributed by atoms with van der Waals surface area (Å²) < 4.78 is 1.72. The van der Waals surface area contributed by atoms with Crippen LogP contribution in [0.2, 0.25) is 0 Å². The normalized spacial score (nSPS) is 17.6. The first-order valence-corrected chi connectivity index (χ1v) is 12.4. The zero-order valence-corrected chi connectivity index (χ0v) is 19.4. The third-order valence-corrected chi connectivity index (χ3v) is 6.94. The molecule has 178 valence electrons. The Balaban J connectivity index is 1.29. The number of hydrogen-bond acceptors (Lipinski definition) is 5. The Morgan fingerprint density at radius 3 is 2.35 bits per heavy atom. The molecule has 3 heterocycles. The van der Waals surface area contributed by atoms with Crippen molar-refractivity contribution in [2.45, 2.75) is 63.6 Å². The fourth-order valence-electron chi connectivity index (χ4n) is 5.08. The lowest BCUT2D eigenvalue weighted by Crippen LogP contribution is -2.51. The maximum atomic E-state index is 13.5. The van der Waals surface area contributed by atoms with E-state index in [2.05, 4.69) is 15.6 Å². The molecule has 8 heteroatoms. The first kappa shape index (κ1) is 22.4. The molecule has 34 heavy (non-hydrogen) atoms. The minimum atomic E-state index is -0.128. The number of fused-ring (bicyclic) bond motifs is 1. The van der Waals surface area contributed by atoms with Gasteiger partial charge in [-0.25, -0.2) is 14.8 Å². The topological polar surface area (TPSA) is 92.2 Å². The van der Waals surface area contributed by atoms with E-state index in [1.807, 2.05) is 47.4 Å². The van der Waals surface area contributed by atoms with Crippen molar-refractivity contribution in [1.82, 2.24) is 25.2 Å². The highest BCUT2D eigenvalue weighted by Crippen LogP contribution is 2.20. The maximum absolute atomic E-state index is 13.5. The molecule has 2 N–H and O–H groups in total. The van der Waals surface area contributed by atoms with Crippen LogP contribution in [0, 0.1) is 0 Å². The number of nitrogens with zero attached hydrogens (tertiary/aromatic N) is 4. The summed E-state index contributed by atoms with van der Waals surface area (Å²) in [6.07, 6.45) is 9.06. The van der Waals surface area contributed by atoms with Crippen LogP contribution < -0.4 is 21.1 Å². The average Bonchev–Trinajstić information content (AvgIpc) is 2.87. The van der Waals surface area contributed by atoms with Crippen LogP contribution in [-0.2, 0) is 6.54 Å². The molecule has 1 aromatic carbocycles. The predicted molar refractivity (Wildman–Crippen MR) is 133 cm³/mol. The number of aromatic nitrogens is 3. The summed E-state index contributed by atoms with van der Waals surface area (Å²) in [4.78, 5) is 37.1. The van der Waals surface area contributed by atoms with Crippen molar-refractivity contribution in [3.63, 3.8) is 0 Å². The summed E-state index contributed by atoms with van der Waals surface area (Å²) in [5.74, 6) is 0.460. The fourth-order valence-corrected chi connectivity index (χ4v) is 5.08. The number of piperidine rings is 1. The van der Waals surface area contributed by atoms with E-state index in [-0.39, 0.29) is 17.6 Å². The summed E-state index contributed by atoms with van der Waals surface area (Å²) in [5, 5.41) is 6.27. The SMILES string of the molecule is O=C(NC1CCCCC1)NC1CCN(c2nc3cccnc3n(Cc3ccccc3)c2=O)CC1. The van der Waals surface area contributed by atoms with Crippen molar-refractivity contribution in [2.75, 3.05) is 18.0 Å². The predicted octanol–water partition coefficient (Wildman–Crippen LogP) is 3.44. The van der Waals surface area contributed by atoms with Gasteiger partial charge in [0.25, 0.3) is 5.56 Å². The van der Waals surface area contributed by atoms with E-state index in [0.29, 0.717) is 42.7 Å². The number of carbonyl (C=O) groups excluding carboxylic acids is 1. The Hall–Kier alpha value is -3.42. The van der Waals surface area contributed by atoms with Crippen LogP contribution in [0.15, 0.2) is 53.5 Å². The zero-order valence-electron chi connectivity index (χ0n) is 19.4. The van der Waals surface area contributed by atoms with Gasteiger partial charge in [-0.05, 0) is 43.4 Å². The standard InChI is InChI=1S/C26H32N6O2/c33-25-24(30-22-12-7-15-27-23(22)32(25)18-19-8-3-1-4-9-19)31-16-13-21(14-17-31)29-26(34)28-20-10-5-2-6-11-20/h1,3-4,7-9,12,15,20-21H,2,5-6,10-11,13-14,16-18H2,(H2,28,29,34). The van der Waals surface area contributed by atoms with E-state index < -0.39 is 0 Å². The second-order valence-corrected chi connectivity index (χ2v) is 9.37. The van der Waals surface area contributed by atoms with Gasteiger partial charge in [0.15, 0.2) is 11.5 Å². The van der Waals surface area contributed by atoms with Crippen LogP contribution in [0.4, 0.5) is 10.6 Å². The molecule has 2 aliphatic rings. The Kier molecular flexibility index (Phi) is 6.74. The van der Waals surface area contributed by atoms with Crippen LogP contribution in [0.3, 0.4) is 0 Å². The molecule has 2 aromatic heterocycles. The summed E-state index contributed by atoms with van der Waals surface area (Å²) >= 11 is 0. The molecule has 0 radical (unpaired) electrons. The highest BCUT2D eigenvalue weighted by molar-refractivity contribution is 5.74. The molecular formula is C26H32N6O2. The number of rotatable bonds is 5. The second-order valence-electron chi connectivity index (χ2n) is 9.37. The van der Waals surface area contributed by atoms with Crippen LogP contribution >= 0.6 is 0 Å². The Morgan fingerprint density at radius 1 is 0.912 bits per heavy atom. The van der Waals surface area contributed by atoms with Gasteiger partial charge in [-0.15, -0.1) is 0 Å². The maximum Gasteiger partial charge on any atom is 0.315 e. The van der Waals surface area contributed by atoms with Gasteiger partial charge in [-0.3, -0.25) is 9.36 Å². The van der Waals surface area contributed by atoms with E-state index in [4.69, 9.17) is 4.98 Å². The Labute approximate surface area is 199 Å². The minimum absolute atomic E-state index is 0.0644. The van der Waals surface area contributed by atoms with Gasteiger partial charge in [0, 0.05) is 31.4 Å². The molecule has 2 fully saturated rings. The largest absolute Gasteiger partial charge is 0.352 e. The van der Waals surface area contributed by atoms with Gasteiger partial charge in [0.2, 0.25) is 0 Å². The number of hydrogen-bond donors (Lipinski definition) is 2. The van der Waals surface area contributed by atoms with Crippen molar-refractivity contribution in [1.29, 1.82) is 0 Å². The smallest absolute Gasteiger partial charge is 0.315 e. The number of amides is 2. The Morgan fingerprint density at radius 2 is 1.62 bits per heavy atom. The number of pyridine rings is 1. The van der Waals surface area contributed by atoms with Crippen molar-refractivity contribution in [3.8, 4) is 0 Å². The molecule has 0 unspecified atom stereocenters. The van der Waals surface area contributed by atoms with Crippen LogP contribution in [0.1, 0.15) is 50.5 Å². The molecular weight excluding hydrogens is 428 g/mol. The average molecular weight is 461 g/mol. The lowest BCUT2D eigenvalue weighted by molar-refractivity contribution is 0.226. The molecule has 0 bridgehead atoms. The first-order valence-electron chi connectivity index (χ1n) is 12.4. The van der Waals surface area contributed by atoms with Gasteiger partial charge < -0.3 is 15.5 Å². The third-order valence-electron chi connectivity index (χ3n) is 6.94. The highest BCUT2D eigenvalue weighted by Gasteiger charge is 2.25. The van der Waals surface area contributed by atoms with E-state index in [9.17, 15) is 9.59 Å². The van der Waals surface area contributed by atoms with Gasteiger partial charge in [-0.1, -0.05) is 49.6 Å². The lowest BCUT2D eigenvalue weighted by atomic mass is 9.96. The van der Waals surface area contributed by atoms with Gasteiger partial charge in [-0.2, -0.15) is 0 Å². The second kappa shape index (κ2) is 10.2. The molecule has 2 amide bonds. The van der Waals surface area contributed by atoms with E-state index in [0.717, 1.165) is 31.2 Å². The number of carbonyl (C=O) groups is 1. The van der Waals surface area contributed by atoms with E-state index in [1.54, 1.807) is 10.8 Å². The number of benzene rings is 1. The third kappa shape index (κ3) is 5.05. The minimum Gasteiger partial charge on any atom is -0.352 e. The van der Waals surface area contributed by atoms with E-state index in [1.165, 1.54) is 19.3 Å². The van der Waals surface area contributed by atoms with Crippen molar-refractivity contribution < 1.29 is 4.79 Å². The van der Waals surface area contributed by atoms with Crippen molar-refractivity contribution in [2.24, 2.45) is 0 Å². The number of anilines is 1. The van der Waals surface area contributed by atoms with Crippen LogP contribution in [-0.4, -0.2) is 45.7 Å². The van der Waals surface area contributed by atoms with Crippen LogP contribution in [0.25, 0.3) is 11.2 Å². The van der Waals surface area contributed by atoms with Crippen molar-refractivity contribution in [3.05, 3.63) is 64.6 Å². The molecule has 3 aromatic rings. The monoisotopic (exact) mass is 460 g/mol. The fraction of sp³-hybridized carbons (Fsp3) is 0.462. The lowest BCUT2D eigenvalue weighted by Gasteiger charge is -2.33. The quantitative estimate of drug-likeness (QED) is 0.609. The molecule has 1 saturated carbocycles. The summed E-state index contributed by atoms with van der Waals surface area (Å²) in [5.41, 5.74) is 2.22. The van der Waals surface area contributed by atoms with Gasteiger partial charge >= 0.3 is 6.03 Å². The number of urea groups is 1. The molecule has 1 aliphatic heterocycles. The van der Waals surface area contributed by atoms with Crippen LogP contribution in [0.5, 0.6) is 0 Å². The first-order chi connectivity index (χ1) is 16.7. The molecule has 8 nitrogen and oxygen atoms in total. The van der Waals surface area contributed by atoms with Gasteiger partial charge in [0.05, 0.1) is 6.54 Å². The Bertz CT molecular complexity index is 1180. The zero-order chi connectivity index (χ0) is 23.3. The molecule has 1 aliphatic carbocycles. The summed E-state index contributed by atoms with van der Waals surface area (Å²) in [6.45, 7) is 1.80. The van der Waals surface area contributed by atoms with Gasteiger partial charge in [0.1, 0.15) is 5.52 Å². The summed E-state index contributed by atoms with van der Waals surface area (Å²) in [7, 11) is 0. The number of nitrogens with one attached hydrogen (secondary N) is 2. The van der Waals surface area contributed by atoms with E-state index >= 15 is 0 Å². The van der Waals surface area contributed by atoms with Crippen molar-refractivity contribution >= 4 is 23.0 Å². The molecule has 0 atom stereocenters. The molecule has 0 spiro atoms.